The molecule has 0 bridgehead atoms. The van der Waals surface area contributed by atoms with E-state index < -0.39 is 23.4 Å². The van der Waals surface area contributed by atoms with Gasteiger partial charge in [0.15, 0.2) is 0 Å². The van der Waals surface area contributed by atoms with Gasteiger partial charge in [0.1, 0.15) is 12.1 Å². The number of urea groups is 1. The van der Waals surface area contributed by atoms with Crippen LogP contribution in [0, 0.1) is 20.8 Å². The Hall–Kier alpha value is -3.15. The topological polar surface area (TPSA) is 78.5 Å². The van der Waals surface area contributed by atoms with Gasteiger partial charge in [0.05, 0.1) is 0 Å². The average Bonchev–Trinajstić information content (AvgIpc) is 3.23. The Labute approximate surface area is 176 Å². The first-order valence-electron chi connectivity index (χ1n) is 10.3. The number of amides is 4. The number of nitrogens with one attached hydrogen (secondary N) is 2. The molecule has 0 aromatic heterocycles. The quantitative estimate of drug-likeness (QED) is 0.764. The fraction of sp³-hybridized carbons (Fsp3) is 0.375. The van der Waals surface area contributed by atoms with Gasteiger partial charge in [0, 0.05) is 5.69 Å². The number of benzene rings is 2. The molecule has 2 aromatic carbocycles. The lowest BCUT2D eigenvalue weighted by molar-refractivity contribution is -0.133. The van der Waals surface area contributed by atoms with Crippen molar-refractivity contribution in [2.45, 2.75) is 52.5 Å². The van der Waals surface area contributed by atoms with Crippen LogP contribution in [0.4, 0.5) is 10.5 Å². The van der Waals surface area contributed by atoms with Gasteiger partial charge in [-0.2, -0.15) is 0 Å². The highest BCUT2D eigenvalue weighted by Gasteiger charge is 2.49. The summed E-state index contributed by atoms with van der Waals surface area (Å²) in [5, 5.41) is 5.66. The van der Waals surface area contributed by atoms with Gasteiger partial charge in [-0.25, -0.2) is 4.79 Å². The average molecular weight is 405 g/mol. The second-order valence-electron chi connectivity index (χ2n) is 8.61. The highest BCUT2D eigenvalue weighted by atomic mass is 16.2. The number of nitrogens with zero attached hydrogens (tertiary/aromatic N) is 1. The van der Waals surface area contributed by atoms with Crippen molar-refractivity contribution < 1.29 is 14.4 Å². The van der Waals surface area contributed by atoms with Crippen molar-refractivity contribution >= 4 is 23.5 Å². The number of anilines is 1. The van der Waals surface area contributed by atoms with E-state index in [4.69, 9.17) is 0 Å². The predicted molar refractivity (Wildman–Crippen MR) is 115 cm³/mol. The zero-order valence-electron chi connectivity index (χ0n) is 17.9. The van der Waals surface area contributed by atoms with E-state index in [-0.39, 0.29) is 6.54 Å². The molecular weight excluding hydrogens is 378 g/mol. The molecule has 0 radical (unpaired) electrons. The maximum Gasteiger partial charge on any atom is 0.325 e. The molecule has 30 heavy (non-hydrogen) atoms. The lowest BCUT2D eigenvalue weighted by Crippen LogP contribution is -2.42. The van der Waals surface area contributed by atoms with Crippen LogP contribution in [-0.2, 0) is 28.0 Å². The Morgan fingerprint density at radius 1 is 1.07 bits per heavy atom. The highest BCUT2D eigenvalue weighted by Crippen LogP contribution is 2.32. The summed E-state index contributed by atoms with van der Waals surface area (Å²) in [6.45, 7) is 7.23. The summed E-state index contributed by atoms with van der Waals surface area (Å²) < 4.78 is 0. The summed E-state index contributed by atoms with van der Waals surface area (Å²) in [7, 11) is 0. The van der Waals surface area contributed by atoms with Crippen LogP contribution in [0.15, 0.2) is 30.3 Å². The van der Waals surface area contributed by atoms with Crippen molar-refractivity contribution in [1.29, 1.82) is 0 Å². The molecule has 1 aliphatic heterocycles. The SMILES string of the molecule is Cc1cc(C)c(NC(=O)CN2C(=O)NC(C)(c3ccc4c(c3)CCC4)C2=O)c(C)c1. The number of hydrogen-bond donors (Lipinski definition) is 2. The normalized spacial score (nSPS) is 20.3. The number of rotatable bonds is 4. The number of carbonyl (C=O) groups is 3. The van der Waals surface area contributed by atoms with Crippen LogP contribution >= 0.6 is 0 Å². The molecule has 1 aliphatic carbocycles. The van der Waals surface area contributed by atoms with Crippen LogP contribution in [0.5, 0.6) is 0 Å². The molecule has 6 nitrogen and oxygen atoms in total. The monoisotopic (exact) mass is 405 g/mol. The molecule has 6 heteroatoms. The Balaban J connectivity index is 1.52. The molecule has 2 aromatic rings. The number of imide groups is 1. The van der Waals surface area contributed by atoms with Crippen LogP contribution in [0.3, 0.4) is 0 Å². The van der Waals surface area contributed by atoms with Gasteiger partial charge in [0.2, 0.25) is 5.91 Å². The minimum absolute atomic E-state index is 0.321. The summed E-state index contributed by atoms with van der Waals surface area (Å²) in [6, 6.07) is 9.40. The third-order valence-corrected chi connectivity index (χ3v) is 6.19. The van der Waals surface area contributed by atoms with E-state index in [9.17, 15) is 14.4 Å². The summed E-state index contributed by atoms with van der Waals surface area (Å²) in [4.78, 5) is 39.4. The number of carbonyl (C=O) groups excluding carboxylic acids is 3. The molecule has 0 spiro atoms. The minimum Gasteiger partial charge on any atom is -0.324 e. The van der Waals surface area contributed by atoms with E-state index in [1.807, 2.05) is 51.1 Å². The van der Waals surface area contributed by atoms with Crippen molar-refractivity contribution in [3.8, 4) is 0 Å². The summed E-state index contributed by atoms with van der Waals surface area (Å²) in [5.41, 5.74) is 5.86. The molecule has 4 amide bonds. The van der Waals surface area contributed by atoms with E-state index >= 15 is 0 Å². The summed E-state index contributed by atoms with van der Waals surface area (Å²) in [6.07, 6.45) is 3.15. The molecule has 4 rings (SSSR count). The van der Waals surface area contributed by atoms with Crippen LogP contribution in [-0.4, -0.2) is 29.3 Å². The van der Waals surface area contributed by atoms with E-state index in [2.05, 4.69) is 10.6 Å². The van der Waals surface area contributed by atoms with Crippen molar-refractivity contribution in [1.82, 2.24) is 10.2 Å². The maximum atomic E-state index is 13.2. The van der Waals surface area contributed by atoms with Gasteiger partial charge in [-0.05, 0) is 74.8 Å². The second kappa shape index (κ2) is 7.27. The molecule has 156 valence electrons. The standard InChI is InChI=1S/C24H27N3O3/c1-14-10-15(2)21(16(3)11-14)25-20(28)13-27-22(29)24(4,26-23(27)30)19-9-8-17-6-5-7-18(17)12-19/h8-12H,5-7,13H2,1-4H3,(H,25,28)(H,26,30). The van der Waals surface area contributed by atoms with Crippen molar-refractivity contribution in [3.63, 3.8) is 0 Å². The predicted octanol–water partition coefficient (Wildman–Crippen LogP) is 3.51. The zero-order chi connectivity index (χ0) is 21.6. The van der Waals surface area contributed by atoms with Gasteiger partial charge < -0.3 is 10.6 Å². The maximum absolute atomic E-state index is 13.2. The van der Waals surface area contributed by atoms with E-state index in [1.54, 1.807) is 6.92 Å². The van der Waals surface area contributed by atoms with Gasteiger partial charge >= 0.3 is 6.03 Å². The van der Waals surface area contributed by atoms with Crippen LogP contribution in [0.1, 0.15) is 46.7 Å². The fourth-order valence-electron chi connectivity index (χ4n) is 4.62. The van der Waals surface area contributed by atoms with Gasteiger partial charge in [0.25, 0.3) is 5.91 Å². The number of aryl methyl sites for hydroxylation is 5. The molecule has 1 heterocycles. The lowest BCUT2D eigenvalue weighted by atomic mass is 9.89. The van der Waals surface area contributed by atoms with Crippen molar-refractivity contribution in [2.24, 2.45) is 0 Å². The second-order valence-corrected chi connectivity index (χ2v) is 8.61. The van der Waals surface area contributed by atoms with Crippen LogP contribution in [0.2, 0.25) is 0 Å². The van der Waals surface area contributed by atoms with Crippen molar-refractivity contribution in [3.05, 3.63) is 63.7 Å². The molecule has 0 saturated carbocycles. The van der Waals surface area contributed by atoms with E-state index in [1.165, 1.54) is 11.1 Å². The Morgan fingerprint density at radius 3 is 2.43 bits per heavy atom. The minimum atomic E-state index is -1.16. The molecule has 1 unspecified atom stereocenters. The number of fused-ring (bicyclic) bond motifs is 1. The summed E-state index contributed by atoms with van der Waals surface area (Å²) in [5.74, 6) is -0.801. The van der Waals surface area contributed by atoms with Crippen molar-refractivity contribution in [2.75, 3.05) is 11.9 Å². The first kappa shape index (κ1) is 20.1. The first-order valence-corrected chi connectivity index (χ1v) is 10.3. The molecule has 1 saturated heterocycles. The smallest absolute Gasteiger partial charge is 0.324 e. The Morgan fingerprint density at radius 2 is 1.73 bits per heavy atom. The van der Waals surface area contributed by atoms with Gasteiger partial charge in [-0.3, -0.25) is 14.5 Å². The Kier molecular flexibility index (Phi) is 4.88. The lowest BCUT2D eigenvalue weighted by Gasteiger charge is -2.23. The molecule has 2 aliphatic rings. The first-order chi connectivity index (χ1) is 14.2. The molecular formula is C24H27N3O3. The van der Waals surface area contributed by atoms with Crippen LogP contribution in [0.25, 0.3) is 0 Å². The fourth-order valence-corrected chi connectivity index (χ4v) is 4.62. The zero-order valence-corrected chi connectivity index (χ0v) is 17.9. The van der Waals surface area contributed by atoms with E-state index in [0.717, 1.165) is 52.1 Å². The molecule has 1 fully saturated rings. The highest BCUT2D eigenvalue weighted by molar-refractivity contribution is 6.10. The Bertz CT molecular complexity index is 1050. The largest absolute Gasteiger partial charge is 0.325 e. The molecule has 2 N–H and O–H groups in total. The van der Waals surface area contributed by atoms with Crippen LogP contribution < -0.4 is 10.6 Å². The number of hydrogen-bond acceptors (Lipinski definition) is 3. The summed E-state index contributed by atoms with van der Waals surface area (Å²) >= 11 is 0. The van der Waals surface area contributed by atoms with E-state index in [0.29, 0.717) is 0 Å². The van der Waals surface area contributed by atoms with Gasteiger partial charge in [-0.1, -0.05) is 35.9 Å². The third-order valence-electron chi connectivity index (χ3n) is 6.19. The van der Waals surface area contributed by atoms with Gasteiger partial charge in [-0.15, -0.1) is 0 Å². The molecule has 1 atom stereocenters. The third kappa shape index (κ3) is 3.36.